The number of thioether (sulfide) groups is 1. The highest BCUT2D eigenvalue weighted by molar-refractivity contribution is 8.01. The van der Waals surface area contributed by atoms with Crippen LogP contribution in [-0.2, 0) is 4.79 Å². The summed E-state index contributed by atoms with van der Waals surface area (Å²) >= 11 is 3.35. The van der Waals surface area contributed by atoms with Crippen LogP contribution in [0.25, 0.3) is 10.2 Å². The molecule has 3 rings (SSSR count). The number of anilines is 1. The van der Waals surface area contributed by atoms with Gasteiger partial charge in [-0.1, -0.05) is 37.5 Å². The van der Waals surface area contributed by atoms with Crippen molar-refractivity contribution in [3.63, 3.8) is 0 Å². The number of amides is 1. The first-order valence-corrected chi connectivity index (χ1v) is 10.4. The molecule has 0 spiro atoms. The van der Waals surface area contributed by atoms with Gasteiger partial charge in [0.25, 0.3) is 0 Å². The van der Waals surface area contributed by atoms with E-state index in [1.807, 2.05) is 30.0 Å². The van der Waals surface area contributed by atoms with Crippen molar-refractivity contribution >= 4 is 44.4 Å². The van der Waals surface area contributed by atoms with E-state index in [0.29, 0.717) is 10.4 Å². The molecule has 1 aromatic heterocycles. The maximum absolute atomic E-state index is 12.6. The highest BCUT2D eigenvalue weighted by atomic mass is 32.2. The van der Waals surface area contributed by atoms with E-state index in [1.54, 1.807) is 7.11 Å². The fourth-order valence-corrected chi connectivity index (χ4v) is 5.39. The molecule has 1 unspecified atom stereocenters. The number of nitrogens with zero attached hydrogens (tertiary/aromatic N) is 1. The Kier molecular flexibility index (Phi) is 6.00. The van der Waals surface area contributed by atoms with Crippen molar-refractivity contribution in [1.82, 2.24) is 4.98 Å². The summed E-state index contributed by atoms with van der Waals surface area (Å²) in [6.45, 7) is 2.09. The van der Waals surface area contributed by atoms with E-state index in [2.05, 4.69) is 17.2 Å². The molecule has 1 aromatic carbocycles. The van der Waals surface area contributed by atoms with Crippen LogP contribution in [0.5, 0.6) is 5.75 Å². The molecule has 1 saturated carbocycles. The predicted octanol–water partition coefficient (Wildman–Crippen LogP) is 5.09. The Labute approximate surface area is 151 Å². The van der Waals surface area contributed by atoms with Gasteiger partial charge in [-0.3, -0.25) is 4.79 Å². The lowest BCUT2D eigenvalue weighted by Gasteiger charge is -2.24. The van der Waals surface area contributed by atoms with Gasteiger partial charge in [-0.15, -0.1) is 11.8 Å². The van der Waals surface area contributed by atoms with Gasteiger partial charge < -0.3 is 10.1 Å². The number of nitrogens with one attached hydrogen (secondary N) is 1. The lowest BCUT2D eigenvalue weighted by atomic mass is 10.0. The summed E-state index contributed by atoms with van der Waals surface area (Å²) in [6, 6.07) is 5.77. The normalized spacial score (nSPS) is 16.9. The van der Waals surface area contributed by atoms with Crippen LogP contribution in [0.15, 0.2) is 18.2 Å². The topological polar surface area (TPSA) is 51.2 Å². The van der Waals surface area contributed by atoms with Crippen molar-refractivity contribution in [2.75, 3.05) is 12.4 Å². The molecule has 0 saturated heterocycles. The number of benzene rings is 1. The van der Waals surface area contributed by atoms with E-state index >= 15 is 0 Å². The highest BCUT2D eigenvalue weighted by Crippen LogP contribution is 2.34. The molecule has 0 radical (unpaired) electrons. The minimum atomic E-state index is 0.00893. The molecule has 1 N–H and O–H groups in total. The van der Waals surface area contributed by atoms with Crippen LogP contribution in [0, 0.1) is 0 Å². The van der Waals surface area contributed by atoms with Gasteiger partial charge in [0.05, 0.1) is 22.6 Å². The first-order chi connectivity index (χ1) is 11.7. The Hall–Kier alpha value is -1.27. The molecule has 0 aliphatic heterocycles. The van der Waals surface area contributed by atoms with E-state index in [0.717, 1.165) is 22.4 Å². The summed E-state index contributed by atoms with van der Waals surface area (Å²) < 4.78 is 6.27. The molecule has 1 atom stereocenters. The zero-order valence-corrected chi connectivity index (χ0v) is 15.8. The van der Waals surface area contributed by atoms with Crippen LogP contribution in [-0.4, -0.2) is 28.5 Å². The fourth-order valence-electron chi connectivity index (χ4n) is 3.05. The summed E-state index contributed by atoms with van der Waals surface area (Å²) in [5, 5.41) is 4.33. The fraction of sp³-hybridized carbons (Fsp3) is 0.556. The Bertz CT molecular complexity index is 695. The van der Waals surface area contributed by atoms with E-state index in [1.165, 1.54) is 43.4 Å². The standard InChI is InChI=1S/C18H24N2O2S2/c1-3-15(23-13-7-5-4-6-8-13)17(21)20-18-19-14-10-9-12(22-2)11-16(14)24-18/h9-11,13,15H,3-8H2,1-2H3,(H,19,20,21). The summed E-state index contributed by atoms with van der Waals surface area (Å²) in [5.41, 5.74) is 0.893. The van der Waals surface area contributed by atoms with Crippen LogP contribution in [0.1, 0.15) is 45.4 Å². The zero-order valence-electron chi connectivity index (χ0n) is 14.2. The molecule has 1 aliphatic rings. The molecule has 130 valence electrons. The number of methoxy groups -OCH3 is 1. The second-order valence-electron chi connectivity index (χ2n) is 6.13. The van der Waals surface area contributed by atoms with Gasteiger partial charge in [0.1, 0.15) is 5.75 Å². The highest BCUT2D eigenvalue weighted by Gasteiger charge is 2.24. The third-order valence-corrected chi connectivity index (χ3v) is 7.06. The number of fused-ring (bicyclic) bond motifs is 1. The van der Waals surface area contributed by atoms with Crippen LogP contribution in [0.3, 0.4) is 0 Å². The molecule has 1 amide bonds. The van der Waals surface area contributed by atoms with Crippen LogP contribution in [0.2, 0.25) is 0 Å². The van der Waals surface area contributed by atoms with Crippen molar-refractivity contribution in [2.45, 2.75) is 55.9 Å². The first-order valence-electron chi connectivity index (χ1n) is 8.60. The Balaban J connectivity index is 1.65. The Morgan fingerprint density at radius 1 is 1.42 bits per heavy atom. The molecule has 0 bridgehead atoms. The summed E-state index contributed by atoms with van der Waals surface area (Å²) in [4.78, 5) is 17.1. The minimum absolute atomic E-state index is 0.00893. The number of ether oxygens (including phenoxy) is 1. The van der Waals surface area contributed by atoms with Crippen LogP contribution >= 0.6 is 23.1 Å². The van der Waals surface area contributed by atoms with E-state index in [9.17, 15) is 4.79 Å². The molecule has 4 nitrogen and oxygen atoms in total. The van der Waals surface area contributed by atoms with Gasteiger partial charge in [0.15, 0.2) is 5.13 Å². The molecule has 1 heterocycles. The molecular weight excluding hydrogens is 340 g/mol. The van der Waals surface area contributed by atoms with Crippen molar-refractivity contribution in [3.8, 4) is 5.75 Å². The van der Waals surface area contributed by atoms with Gasteiger partial charge >= 0.3 is 0 Å². The van der Waals surface area contributed by atoms with E-state index < -0.39 is 0 Å². The summed E-state index contributed by atoms with van der Waals surface area (Å²) in [5.74, 6) is 0.891. The van der Waals surface area contributed by atoms with Gasteiger partial charge in [-0.25, -0.2) is 4.98 Å². The maximum Gasteiger partial charge on any atom is 0.239 e. The number of hydrogen-bond donors (Lipinski definition) is 1. The second-order valence-corrected chi connectivity index (χ2v) is 8.67. The first kappa shape index (κ1) is 17.5. The van der Waals surface area contributed by atoms with Crippen molar-refractivity contribution < 1.29 is 9.53 Å². The number of carbonyl (C=O) groups excluding carboxylic acids is 1. The van der Waals surface area contributed by atoms with Crippen molar-refractivity contribution in [1.29, 1.82) is 0 Å². The molecular formula is C18H24N2O2S2. The maximum atomic E-state index is 12.6. The van der Waals surface area contributed by atoms with Gasteiger partial charge in [0.2, 0.25) is 5.91 Å². The zero-order chi connectivity index (χ0) is 16.9. The number of thiazole rings is 1. The average molecular weight is 365 g/mol. The van der Waals surface area contributed by atoms with Gasteiger partial charge in [-0.2, -0.15) is 0 Å². The summed E-state index contributed by atoms with van der Waals surface area (Å²) in [7, 11) is 1.65. The summed E-state index contributed by atoms with van der Waals surface area (Å²) in [6.07, 6.45) is 7.29. The Morgan fingerprint density at radius 2 is 2.21 bits per heavy atom. The second kappa shape index (κ2) is 8.21. The monoisotopic (exact) mass is 364 g/mol. The smallest absolute Gasteiger partial charge is 0.239 e. The van der Waals surface area contributed by atoms with Gasteiger partial charge in [0, 0.05) is 5.25 Å². The molecule has 1 aliphatic carbocycles. The van der Waals surface area contributed by atoms with E-state index in [-0.39, 0.29) is 11.2 Å². The Morgan fingerprint density at radius 3 is 2.92 bits per heavy atom. The number of rotatable bonds is 6. The third-order valence-electron chi connectivity index (χ3n) is 4.40. The largest absolute Gasteiger partial charge is 0.497 e. The third kappa shape index (κ3) is 4.22. The van der Waals surface area contributed by atoms with Crippen molar-refractivity contribution in [3.05, 3.63) is 18.2 Å². The average Bonchev–Trinajstić information content (AvgIpc) is 3.01. The number of carbonyl (C=O) groups is 1. The minimum Gasteiger partial charge on any atom is -0.497 e. The number of aromatic nitrogens is 1. The lowest BCUT2D eigenvalue weighted by molar-refractivity contribution is -0.115. The van der Waals surface area contributed by atoms with Crippen LogP contribution < -0.4 is 10.1 Å². The molecule has 6 heteroatoms. The van der Waals surface area contributed by atoms with Gasteiger partial charge in [-0.05, 0) is 37.5 Å². The number of hydrogen-bond acceptors (Lipinski definition) is 5. The predicted molar refractivity (Wildman–Crippen MR) is 103 cm³/mol. The quantitative estimate of drug-likeness (QED) is 0.776. The molecule has 2 aromatic rings. The molecule has 24 heavy (non-hydrogen) atoms. The van der Waals surface area contributed by atoms with E-state index in [4.69, 9.17) is 4.74 Å². The SMILES string of the molecule is CCC(SC1CCCCC1)C(=O)Nc1nc2ccc(OC)cc2s1. The van der Waals surface area contributed by atoms with Crippen LogP contribution in [0.4, 0.5) is 5.13 Å². The lowest BCUT2D eigenvalue weighted by Crippen LogP contribution is -2.27. The molecule has 1 fully saturated rings. The van der Waals surface area contributed by atoms with Crippen molar-refractivity contribution in [2.24, 2.45) is 0 Å².